The smallest absolute Gasteiger partial charge is 0.309 e. The predicted molar refractivity (Wildman–Crippen MR) is 31.4 cm³/mol. The van der Waals surface area contributed by atoms with Crippen molar-refractivity contribution in [1.29, 1.82) is 0 Å². The average Bonchev–Trinajstić information content (AvgIpc) is 1.67. The molecule has 0 rings (SSSR count). The summed E-state index contributed by atoms with van der Waals surface area (Å²) >= 11 is 0. The van der Waals surface area contributed by atoms with Gasteiger partial charge in [-0.1, -0.05) is 6.92 Å². The second kappa shape index (κ2) is 2.16. The molecule has 8 heavy (non-hydrogen) atoms. The highest BCUT2D eigenvalue weighted by atomic mass is 16.4. The van der Waals surface area contributed by atoms with E-state index < -0.39 is 11.4 Å². The third-order valence-electron chi connectivity index (χ3n) is 1.20. The Balaban J connectivity index is 3.91. The molecule has 2 nitrogen and oxygen atoms in total. The van der Waals surface area contributed by atoms with E-state index in [4.69, 9.17) is 5.11 Å². The summed E-state index contributed by atoms with van der Waals surface area (Å²) in [4.78, 5) is 10.2. The Morgan fingerprint density at radius 2 is 2.12 bits per heavy atom. The topological polar surface area (TPSA) is 37.3 Å². The van der Waals surface area contributed by atoms with Crippen molar-refractivity contribution in [3.8, 4) is 0 Å². The van der Waals surface area contributed by atoms with Crippen molar-refractivity contribution in [2.24, 2.45) is 5.41 Å². The van der Waals surface area contributed by atoms with E-state index in [-0.39, 0.29) is 0 Å². The van der Waals surface area contributed by atoms with Crippen LogP contribution >= 0.6 is 0 Å². The van der Waals surface area contributed by atoms with Crippen LogP contribution in [0.2, 0.25) is 0 Å². The molecule has 0 atom stereocenters. The predicted octanol–water partition coefficient (Wildman–Crippen LogP) is 1.32. The highest BCUT2D eigenvalue weighted by molar-refractivity contribution is 5.73. The first-order valence-electron chi connectivity index (χ1n) is 2.53. The van der Waals surface area contributed by atoms with Gasteiger partial charge >= 0.3 is 5.97 Å². The van der Waals surface area contributed by atoms with Crippen LogP contribution in [0.1, 0.15) is 20.3 Å². The molecule has 0 saturated carbocycles. The van der Waals surface area contributed by atoms with Crippen LogP contribution in [0.4, 0.5) is 0 Å². The van der Waals surface area contributed by atoms with Gasteiger partial charge in [-0.25, -0.2) is 0 Å². The summed E-state index contributed by atoms with van der Waals surface area (Å²) in [5, 5.41) is 8.40. The Morgan fingerprint density at radius 1 is 1.75 bits per heavy atom. The summed E-state index contributed by atoms with van der Waals surface area (Å²) in [5.74, 6) is -0.785. The fourth-order valence-electron chi connectivity index (χ4n) is 0.107. The highest BCUT2D eigenvalue weighted by Gasteiger charge is 2.23. The van der Waals surface area contributed by atoms with Crippen molar-refractivity contribution in [3.05, 3.63) is 6.92 Å². The van der Waals surface area contributed by atoms with Crippen LogP contribution in [0.5, 0.6) is 0 Å². The van der Waals surface area contributed by atoms with Crippen LogP contribution in [0, 0.1) is 12.3 Å². The van der Waals surface area contributed by atoms with Crippen LogP contribution < -0.4 is 0 Å². The molecule has 0 fully saturated rings. The quantitative estimate of drug-likeness (QED) is 0.589. The van der Waals surface area contributed by atoms with E-state index >= 15 is 0 Å². The van der Waals surface area contributed by atoms with Crippen molar-refractivity contribution < 1.29 is 9.90 Å². The van der Waals surface area contributed by atoms with Crippen LogP contribution in [0.15, 0.2) is 0 Å². The Hall–Kier alpha value is -0.530. The van der Waals surface area contributed by atoms with E-state index in [0.29, 0.717) is 6.42 Å². The molecule has 1 radical (unpaired) electrons. The molecule has 0 aromatic carbocycles. The van der Waals surface area contributed by atoms with Crippen molar-refractivity contribution >= 4 is 5.97 Å². The lowest BCUT2D eigenvalue weighted by atomic mass is 9.91. The number of hydrogen-bond donors (Lipinski definition) is 1. The molecule has 2 heteroatoms. The second-order valence-corrected chi connectivity index (χ2v) is 2.44. The van der Waals surface area contributed by atoms with Gasteiger partial charge in [0.25, 0.3) is 0 Å². The first-order valence-corrected chi connectivity index (χ1v) is 2.53. The molecule has 0 aliphatic rings. The maximum absolute atomic E-state index is 10.2. The van der Waals surface area contributed by atoms with Gasteiger partial charge in [-0.05, 0) is 20.3 Å². The molecule has 0 heterocycles. The molecule has 0 saturated heterocycles. The van der Waals surface area contributed by atoms with E-state index in [9.17, 15) is 4.79 Å². The van der Waals surface area contributed by atoms with Gasteiger partial charge in [-0.2, -0.15) is 0 Å². The van der Waals surface area contributed by atoms with E-state index in [1.165, 1.54) is 0 Å². The van der Waals surface area contributed by atoms with E-state index in [2.05, 4.69) is 6.92 Å². The van der Waals surface area contributed by atoms with Gasteiger partial charge < -0.3 is 5.11 Å². The summed E-state index contributed by atoms with van der Waals surface area (Å²) in [6.07, 6.45) is 0.433. The molecule has 0 spiro atoms. The Morgan fingerprint density at radius 3 is 2.12 bits per heavy atom. The zero-order valence-electron chi connectivity index (χ0n) is 5.27. The maximum Gasteiger partial charge on any atom is 0.309 e. The first-order chi connectivity index (χ1) is 3.50. The number of rotatable bonds is 2. The number of hydrogen-bond acceptors (Lipinski definition) is 1. The lowest BCUT2D eigenvalue weighted by Crippen LogP contribution is -2.22. The number of carboxylic acids is 1. The van der Waals surface area contributed by atoms with Crippen LogP contribution in [-0.4, -0.2) is 11.1 Å². The molecule has 0 aromatic rings. The van der Waals surface area contributed by atoms with E-state index in [1.807, 2.05) is 0 Å². The Kier molecular flexibility index (Phi) is 2.02. The largest absolute Gasteiger partial charge is 0.481 e. The molecule has 0 aliphatic heterocycles. The van der Waals surface area contributed by atoms with Gasteiger partial charge in [0.1, 0.15) is 0 Å². The fourth-order valence-corrected chi connectivity index (χ4v) is 0.107. The average molecular weight is 115 g/mol. The minimum absolute atomic E-state index is 0.433. The van der Waals surface area contributed by atoms with Gasteiger partial charge in [-0.15, -0.1) is 0 Å². The third-order valence-corrected chi connectivity index (χ3v) is 1.20. The molecular weight excluding hydrogens is 104 g/mol. The molecule has 0 bridgehead atoms. The number of aliphatic carboxylic acids is 1. The lowest BCUT2D eigenvalue weighted by molar-refractivity contribution is -0.146. The standard InChI is InChI=1S/C6H11O2/c1-4-6(2,3)5(7)8/h1,4H2,2-3H3,(H,7,8). The lowest BCUT2D eigenvalue weighted by Gasteiger charge is -2.14. The van der Waals surface area contributed by atoms with E-state index in [1.54, 1.807) is 13.8 Å². The summed E-state index contributed by atoms with van der Waals surface area (Å²) in [6.45, 7) is 6.81. The van der Waals surface area contributed by atoms with Crippen LogP contribution in [0.3, 0.4) is 0 Å². The first kappa shape index (κ1) is 7.47. The molecule has 0 aromatic heterocycles. The summed E-state index contributed by atoms with van der Waals surface area (Å²) in [5.41, 5.74) is -0.653. The molecule has 1 N–H and O–H groups in total. The van der Waals surface area contributed by atoms with Gasteiger partial charge in [0.05, 0.1) is 5.41 Å². The normalized spacial score (nSPS) is 11.4. The van der Waals surface area contributed by atoms with Crippen molar-refractivity contribution in [2.75, 3.05) is 0 Å². The van der Waals surface area contributed by atoms with E-state index in [0.717, 1.165) is 0 Å². The SMILES string of the molecule is [CH2]CC(C)(C)C(=O)O. The van der Waals surface area contributed by atoms with Crippen molar-refractivity contribution in [2.45, 2.75) is 20.3 Å². The number of carbonyl (C=O) groups is 1. The summed E-state index contributed by atoms with van der Waals surface area (Å²) < 4.78 is 0. The third kappa shape index (κ3) is 1.52. The summed E-state index contributed by atoms with van der Waals surface area (Å²) in [6, 6.07) is 0. The monoisotopic (exact) mass is 115 g/mol. The van der Waals surface area contributed by atoms with Crippen molar-refractivity contribution in [3.63, 3.8) is 0 Å². The summed E-state index contributed by atoms with van der Waals surface area (Å²) in [7, 11) is 0. The van der Waals surface area contributed by atoms with Crippen LogP contribution in [0.25, 0.3) is 0 Å². The molecule has 0 unspecified atom stereocenters. The van der Waals surface area contributed by atoms with Gasteiger partial charge in [0.15, 0.2) is 0 Å². The van der Waals surface area contributed by atoms with Gasteiger partial charge in [0, 0.05) is 0 Å². The maximum atomic E-state index is 10.2. The minimum atomic E-state index is -0.785. The van der Waals surface area contributed by atoms with Crippen molar-refractivity contribution in [1.82, 2.24) is 0 Å². The highest BCUT2D eigenvalue weighted by Crippen LogP contribution is 2.18. The zero-order chi connectivity index (χ0) is 6.78. The molecule has 0 aliphatic carbocycles. The van der Waals surface area contributed by atoms with Gasteiger partial charge in [0.2, 0.25) is 0 Å². The van der Waals surface area contributed by atoms with Gasteiger partial charge in [-0.3, -0.25) is 4.79 Å². The van der Waals surface area contributed by atoms with Crippen LogP contribution in [-0.2, 0) is 4.79 Å². The molecule has 47 valence electrons. The number of carboxylic acid groups (broad SMARTS) is 1. The Bertz CT molecular complexity index is 94.7. The fraction of sp³-hybridized carbons (Fsp3) is 0.667. The minimum Gasteiger partial charge on any atom is -0.481 e. The Labute approximate surface area is 49.5 Å². The molecule has 0 amide bonds. The zero-order valence-corrected chi connectivity index (χ0v) is 5.27. The second-order valence-electron chi connectivity index (χ2n) is 2.44. The molecular formula is C6H11O2.